The number of carbonyl (C=O) groups excluding carboxylic acids is 2. The number of amides is 1. The van der Waals surface area contributed by atoms with Gasteiger partial charge in [0.25, 0.3) is 5.91 Å². The molecule has 0 spiro atoms. The van der Waals surface area contributed by atoms with E-state index >= 15 is 0 Å². The Balaban J connectivity index is 1.32. The van der Waals surface area contributed by atoms with Gasteiger partial charge in [-0.1, -0.05) is 79.2 Å². The van der Waals surface area contributed by atoms with Crippen molar-refractivity contribution in [1.29, 1.82) is 0 Å². The van der Waals surface area contributed by atoms with Crippen LogP contribution in [0.3, 0.4) is 0 Å². The summed E-state index contributed by atoms with van der Waals surface area (Å²) >= 11 is 0. The van der Waals surface area contributed by atoms with Crippen LogP contribution in [-0.2, 0) is 13.0 Å². The Kier molecular flexibility index (Phi) is 9.22. The SMILES string of the molecule is COc1ccc(CNC(=O)c2ccc3c(c2)C(C)=C(C)CC(Cc2ccc(-c4ccccc4C(=O)CO)cc2)C3C)cc1. The topological polar surface area (TPSA) is 75.6 Å². The van der Waals surface area contributed by atoms with Crippen LogP contribution in [-0.4, -0.2) is 30.5 Å². The minimum Gasteiger partial charge on any atom is -0.497 e. The summed E-state index contributed by atoms with van der Waals surface area (Å²) in [4.78, 5) is 25.4. The summed E-state index contributed by atoms with van der Waals surface area (Å²) in [7, 11) is 1.64. The molecule has 220 valence electrons. The van der Waals surface area contributed by atoms with Crippen LogP contribution in [0.4, 0.5) is 0 Å². The lowest BCUT2D eigenvalue weighted by Gasteiger charge is -2.24. The molecule has 0 radical (unpaired) electrons. The first-order chi connectivity index (χ1) is 20.8. The molecule has 0 aromatic heterocycles. The summed E-state index contributed by atoms with van der Waals surface area (Å²) in [5.74, 6) is 1.14. The molecule has 43 heavy (non-hydrogen) atoms. The summed E-state index contributed by atoms with van der Waals surface area (Å²) < 4.78 is 5.22. The van der Waals surface area contributed by atoms with Crippen LogP contribution in [0.2, 0.25) is 0 Å². The third-order valence-electron chi connectivity index (χ3n) is 8.87. The molecule has 5 rings (SSSR count). The van der Waals surface area contributed by atoms with E-state index in [2.05, 4.69) is 62.5 Å². The van der Waals surface area contributed by atoms with E-state index in [4.69, 9.17) is 4.74 Å². The zero-order valence-electron chi connectivity index (χ0n) is 25.3. The summed E-state index contributed by atoms with van der Waals surface area (Å²) in [6.07, 6.45) is 1.91. The van der Waals surface area contributed by atoms with Crippen LogP contribution in [0, 0.1) is 5.92 Å². The number of aliphatic hydroxyl groups is 1. The van der Waals surface area contributed by atoms with Crippen LogP contribution in [0.1, 0.15) is 76.1 Å². The molecule has 0 saturated heterocycles. The standard InChI is InChI=1S/C38H39NO4/c1-24-19-31(20-27-9-13-29(14-10-27)34-7-5-6-8-35(34)37(41)23-40)26(3)33-18-15-30(21-36(33)25(24)2)38(42)39-22-28-11-16-32(43-4)17-12-28/h5-18,21,26,31,40H,19-20,22-23H2,1-4H3,(H,39,42). The van der Waals surface area contributed by atoms with E-state index in [0.29, 0.717) is 29.5 Å². The van der Waals surface area contributed by atoms with Crippen molar-refractivity contribution in [2.24, 2.45) is 5.92 Å². The summed E-state index contributed by atoms with van der Waals surface area (Å²) in [6.45, 7) is 6.62. The highest BCUT2D eigenvalue weighted by molar-refractivity contribution is 6.03. The van der Waals surface area contributed by atoms with Gasteiger partial charge in [0.2, 0.25) is 0 Å². The van der Waals surface area contributed by atoms with Gasteiger partial charge in [-0.3, -0.25) is 9.59 Å². The molecule has 0 bridgehead atoms. The molecular formula is C38H39NO4. The second-order valence-electron chi connectivity index (χ2n) is 11.5. The number of methoxy groups -OCH3 is 1. The lowest BCUT2D eigenvalue weighted by atomic mass is 9.80. The van der Waals surface area contributed by atoms with Gasteiger partial charge < -0.3 is 15.2 Å². The molecule has 2 unspecified atom stereocenters. The van der Waals surface area contributed by atoms with Gasteiger partial charge in [-0.2, -0.15) is 0 Å². The Labute approximate surface area is 254 Å². The lowest BCUT2D eigenvalue weighted by Crippen LogP contribution is -2.23. The smallest absolute Gasteiger partial charge is 0.251 e. The number of carbonyl (C=O) groups is 2. The van der Waals surface area contributed by atoms with Gasteiger partial charge in [0.1, 0.15) is 12.4 Å². The first kappa shape index (κ1) is 30.0. The Hall–Kier alpha value is -4.48. The fourth-order valence-electron chi connectivity index (χ4n) is 6.09. The maximum atomic E-state index is 13.1. The van der Waals surface area contributed by atoms with E-state index in [1.54, 1.807) is 13.2 Å². The van der Waals surface area contributed by atoms with Crippen LogP contribution < -0.4 is 10.1 Å². The van der Waals surface area contributed by atoms with Crippen molar-refractivity contribution in [3.05, 3.63) is 130 Å². The molecule has 4 aromatic rings. The average Bonchev–Trinajstić information content (AvgIpc) is 3.13. The van der Waals surface area contributed by atoms with Crippen LogP contribution >= 0.6 is 0 Å². The van der Waals surface area contributed by atoms with Crippen molar-refractivity contribution in [3.8, 4) is 16.9 Å². The monoisotopic (exact) mass is 573 g/mol. The van der Waals surface area contributed by atoms with E-state index in [1.165, 1.54) is 22.3 Å². The van der Waals surface area contributed by atoms with Gasteiger partial charge >= 0.3 is 0 Å². The van der Waals surface area contributed by atoms with E-state index in [9.17, 15) is 14.7 Å². The lowest BCUT2D eigenvalue weighted by molar-refractivity contribution is 0.0903. The number of aliphatic hydroxyl groups excluding tert-OH is 1. The molecule has 0 fully saturated rings. The highest BCUT2D eigenvalue weighted by Crippen LogP contribution is 2.41. The second-order valence-corrected chi connectivity index (χ2v) is 11.5. The van der Waals surface area contributed by atoms with Crippen molar-refractivity contribution in [1.82, 2.24) is 5.32 Å². The Morgan fingerprint density at radius 1 is 0.884 bits per heavy atom. The van der Waals surface area contributed by atoms with E-state index in [1.807, 2.05) is 48.5 Å². The molecule has 0 heterocycles. The number of allylic oxidation sites excluding steroid dienone is 2. The number of fused-ring (bicyclic) bond motifs is 1. The van der Waals surface area contributed by atoms with E-state index < -0.39 is 6.61 Å². The predicted molar refractivity (Wildman–Crippen MR) is 172 cm³/mol. The van der Waals surface area contributed by atoms with Crippen molar-refractivity contribution >= 4 is 17.3 Å². The minimum atomic E-state index is -0.502. The first-order valence-corrected chi connectivity index (χ1v) is 14.8. The predicted octanol–water partition coefficient (Wildman–Crippen LogP) is 7.63. The zero-order chi connectivity index (χ0) is 30.5. The zero-order valence-corrected chi connectivity index (χ0v) is 25.3. The normalized spacial score (nSPS) is 16.3. The Bertz CT molecular complexity index is 1650. The minimum absolute atomic E-state index is 0.0835. The third-order valence-corrected chi connectivity index (χ3v) is 8.87. The highest BCUT2D eigenvalue weighted by Gasteiger charge is 2.27. The molecule has 0 aliphatic heterocycles. The number of hydrogen-bond acceptors (Lipinski definition) is 4. The van der Waals surface area contributed by atoms with Crippen LogP contribution in [0.25, 0.3) is 16.7 Å². The number of Topliss-reactive ketones (excluding diaryl/α,β-unsaturated/α-hetero) is 1. The summed E-state index contributed by atoms with van der Waals surface area (Å²) in [5, 5.41) is 12.4. The molecular weight excluding hydrogens is 534 g/mol. The quantitative estimate of drug-likeness (QED) is 0.202. The number of benzene rings is 4. The van der Waals surface area contributed by atoms with Gasteiger partial charge in [0, 0.05) is 17.7 Å². The van der Waals surface area contributed by atoms with Crippen molar-refractivity contribution < 1.29 is 19.4 Å². The van der Waals surface area contributed by atoms with Crippen LogP contribution in [0.5, 0.6) is 5.75 Å². The second kappa shape index (κ2) is 13.2. The molecule has 2 atom stereocenters. The van der Waals surface area contributed by atoms with Crippen molar-refractivity contribution in [2.75, 3.05) is 13.7 Å². The van der Waals surface area contributed by atoms with Gasteiger partial charge in [-0.05, 0) is 102 Å². The highest BCUT2D eigenvalue weighted by atomic mass is 16.5. The summed E-state index contributed by atoms with van der Waals surface area (Å²) in [5.41, 5.74) is 10.3. The Morgan fingerprint density at radius 3 is 2.28 bits per heavy atom. The van der Waals surface area contributed by atoms with E-state index in [0.717, 1.165) is 40.8 Å². The maximum Gasteiger partial charge on any atom is 0.251 e. The molecule has 5 nitrogen and oxygen atoms in total. The fraction of sp³-hybridized carbons (Fsp3) is 0.263. The fourth-order valence-corrected chi connectivity index (χ4v) is 6.09. The largest absolute Gasteiger partial charge is 0.497 e. The van der Waals surface area contributed by atoms with E-state index in [-0.39, 0.29) is 11.7 Å². The molecule has 4 aromatic carbocycles. The molecule has 2 N–H and O–H groups in total. The number of hydrogen-bond donors (Lipinski definition) is 2. The van der Waals surface area contributed by atoms with Gasteiger partial charge in [0.05, 0.1) is 7.11 Å². The number of nitrogens with one attached hydrogen (secondary N) is 1. The van der Waals surface area contributed by atoms with Crippen molar-refractivity contribution in [3.63, 3.8) is 0 Å². The van der Waals surface area contributed by atoms with Gasteiger partial charge in [-0.25, -0.2) is 0 Å². The number of ether oxygens (including phenoxy) is 1. The molecule has 1 amide bonds. The molecule has 0 saturated carbocycles. The third kappa shape index (κ3) is 6.63. The maximum absolute atomic E-state index is 13.1. The van der Waals surface area contributed by atoms with Gasteiger partial charge in [0.15, 0.2) is 5.78 Å². The first-order valence-electron chi connectivity index (χ1n) is 14.8. The average molecular weight is 574 g/mol. The van der Waals surface area contributed by atoms with Gasteiger partial charge in [-0.15, -0.1) is 0 Å². The summed E-state index contributed by atoms with van der Waals surface area (Å²) in [6, 6.07) is 29.7. The molecule has 1 aliphatic rings. The van der Waals surface area contributed by atoms with Crippen molar-refractivity contribution in [2.45, 2.75) is 46.1 Å². The van der Waals surface area contributed by atoms with Crippen LogP contribution in [0.15, 0.2) is 96.6 Å². The Morgan fingerprint density at radius 2 is 1.58 bits per heavy atom. The molecule has 5 heteroatoms. The molecule has 1 aliphatic carbocycles. The number of ketones is 1. The number of rotatable bonds is 9.